The van der Waals surface area contributed by atoms with Crippen LogP contribution in [0.4, 0.5) is 5.13 Å². The fraction of sp³-hybridized carbons (Fsp3) is 0.167. The van der Waals surface area contributed by atoms with Gasteiger partial charge in [-0.25, -0.2) is 9.97 Å². The topological polar surface area (TPSA) is 79.9 Å². The number of imidazole rings is 1. The molecule has 0 bridgehead atoms. The van der Waals surface area contributed by atoms with Crippen molar-refractivity contribution in [2.75, 3.05) is 18.2 Å². The van der Waals surface area contributed by atoms with Gasteiger partial charge >= 0.3 is 0 Å². The van der Waals surface area contributed by atoms with Crippen LogP contribution in [-0.2, 0) is 4.79 Å². The summed E-state index contributed by atoms with van der Waals surface area (Å²) >= 11 is 2.97. The molecule has 0 unspecified atom stereocenters. The minimum atomic E-state index is -0.0559. The number of benzene rings is 2. The van der Waals surface area contributed by atoms with Gasteiger partial charge in [0.2, 0.25) is 5.91 Å². The van der Waals surface area contributed by atoms with Crippen LogP contribution in [0.25, 0.3) is 21.3 Å². The maximum atomic E-state index is 12.2. The Bertz CT molecular complexity index is 1040. The van der Waals surface area contributed by atoms with E-state index in [1.807, 2.05) is 42.5 Å². The molecular weight excluding hydrogens is 368 g/mol. The van der Waals surface area contributed by atoms with Gasteiger partial charge in [-0.3, -0.25) is 4.79 Å². The third kappa shape index (κ3) is 3.66. The van der Waals surface area contributed by atoms with E-state index in [9.17, 15) is 4.79 Å². The fourth-order valence-electron chi connectivity index (χ4n) is 2.51. The molecule has 2 aromatic heterocycles. The van der Waals surface area contributed by atoms with Crippen molar-refractivity contribution >= 4 is 55.4 Å². The quantitative estimate of drug-likeness (QED) is 0.485. The van der Waals surface area contributed by atoms with Crippen LogP contribution in [0.2, 0.25) is 0 Å². The van der Waals surface area contributed by atoms with Crippen molar-refractivity contribution in [3.05, 3.63) is 42.5 Å². The normalized spacial score (nSPS) is 11.1. The van der Waals surface area contributed by atoms with Gasteiger partial charge in [0.1, 0.15) is 5.75 Å². The van der Waals surface area contributed by atoms with Gasteiger partial charge in [0, 0.05) is 12.2 Å². The second-order valence-corrected chi connectivity index (χ2v) is 7.67. The monoisotopic (exact) mass is 384 g/mol. The first-order chi connectivity index (χ1) is 12.7. The van der Waals surface area contributed by atoms with Gasteiger partial charge in [0.15, 0.2) is 10.3 Å². The van der Waals surface area contributed by atoms with Crippen LogP contribution in [0.3, 0.4) is 0 Å². The van der Waals surface area contributed by atoms with Crippen LogP contribution in [0.1, 0.15) is 6.42 Å². The summed E-state index contributed by atoms with van der Waals surface area (Å²) in [7, 11) is 1.63. The van der Waals surface area contributed by atoms with Gasteiger partial charge in [0.25, 0.3) is 0 Å². The summed E-state index contributed by atoms with van der Waals surface area (Å²) in [5, 5.41) is 4.29. The molecule has 6 nitrogen and oxygen atoms in total. The summed E-state index contributed by atoms with van der Waals surface area (Å²) in [5.74, 6) is 1.37. The molecule has 26 heavy (non-hydrogen) atoms. The van der Waals surface area contributed by atoms with Crippen molar-refractivity contribution in [1.29, 1.82) is 0 Å². The van der Waals surface area contributed by atoms with Crippen molar-refractivity contribution in [3.8, 4) is 5.75 Å². The molecule has 2 heterocycles. The van der Waals surface area contributed by atoms with E-state index < -0.39 is 0 Å². The maximum absolute atomic E-state index is 12.2. The van der Waals surface area contributed by atoms with E-state index in [4.69, 9.17) is 4.74 Å². The Morgan fingerprint density at radius 3 is 2.96 bits per heavy atom. The summed E-state index contributed by atoms with van der Waals surface area (Å²) in [6, 6.07) is 13.5. The molecule has 132 valence electrons. The molecule has 0 saturated heterocycles. The molecule has 0 radical (unpaired) electrons. The van der Waals surface area contributed by atoms with Gasteiger partial charge < -0.3 is 15.0 Å². The minimum absolute atomic E-state index is 0.0559. The lowest BCUT2D eigenvalue weighted by atomic mass is 10.3. The third-order valence-electron chi connectivity index (χ3n) is 3.78. The summed E-state index contributed by atoms with van der Waals surface area (Å²) in [6.45, 7) is 0. The first-order valence-corrected chi connectivity index (χ1v) is 9.83. The van der Waals surface area contributed by atoms with Crippen molar-refractivity contribution in [2.24, 2.45) is 0 Å². The highest BCUT2D eigenvalue weighted by molar-refractivity contribution is 7.99. The van der Waals surface area contributed by atoms with Gasteiger partial charge in [0.05, 0.1) is 28.4 Å². The van der Waals surface area contributed by atoms with E-state index in [-0.39, 0.29) is 5.91 Å². The standard InChI is InChI=1S/C18H16N4O2S2/c1-24-11-6-7-14-15(10-11)26-18(21-14)22-16(23)8-9-25-17-19-12-4-2-3-5-13(12)20-17/h2-7,10H,8-9H2,1H3,(H,19,20)(H,21,22,23). The SMILES string of the molecule is COc1ccc2nc(NC(=O)CCSc3nc4ccccc4[nH]3)sc2c1. The molecule has 0 aliphatic rings. The highest BCUT2D eigenvalue weighted by atomic mass is 32.2. The van der Waals surface area contributed by atoms with E-state index in [2.05, 4.69) is 20.3 Å². The predicted octanol–water partition coefficient (Wildman–Crippen LogP) is 4.30. The predicted molar refractivity (Wildman–Crippen MR) is 106 cm³/mol. The van der Waals surface area contributed by atoms with Crippen LogP contribution in [0.15, 0.2) is 47.6 Å². The number of fused-ring (bicyclic) bond motifs is 2. The Balaban J connectivity index is 1.33. The smallest absolute Gasteiger partial charge is 0.226 e. The highest BCUT2D eigenvalue weighted by Gasteiger charge is 2.10. The van der Waals surface area contributed by atoms with Gasteiger partial charge in [-0.1, -0.05) is 35.2 Å². The zero-order valence-corrected chi connectivity index (χ0v) is 15.6. The Hall–Kier alpha value is -2.58. The van der Waals surface area contributed by atoms with Crippen molar-refractivity contribution in [1.82, 2.24) is 15.0 Å². The van der Waals surface area contributed by atoms with Gasteiger partial charge in [-0.2, -0.15) is 0 Å². The number of thiazole rings is 1. The number of aromatic amines is 1. The lowest BCUT2D eigenvalue weighted by Gasteiger charge is -2.00. The van der Waals surface area contributed by atoms with Crippen molar-refractivity contribution < 1.29 is 9.53 Å². The third-order valence-corrected chi connectivity index (χ3v) is 5.59. The van der Waals surface area contributed by atoms with Crippen LogP contribution in [0.5, 0.6) is 5.75 Å². The number of para-hydroxylation sites is 2. The molecule has 1 amide bonds. The van der Waals surface area contributed by atoms with Crippen LogP contribution in [0, 0.1) is 0 Å². The number of rotatable bonds is 6. The Morgan fingerprint density at radius 1 is 1.23 bits per heavy atom. The summed E-state index contributed by atoms with van der Waals surface area (Å²) < 4.78 is 6.19. The fourth-order valence-corrected chi connectivity index (χ4v) is 4.24. The number of nitrogens with one attached hydrogen (secondary N) is 2. The number of H-pyrrole nitrogens is 1. The molecule has 0 aliphatic carbocycles. The molecule has 0 saturated carbocycles. The first-order valence-electron chi connectivity index (χ1n) is 8.03. The average Bonchev–Trinajstić information content (AvgIpc) is 3.23. The number of hydrogen-bond acceptors (Lipinski definition) is 6. The number of carbonyl (C=O) groups excluding carboxylic acids is 1. The Labute approximate surface area is 158 Å². The van der Waals surface area contributed by atoms with E-state index >= 15 is 0 Å². The average molecular weight is 384 g/mol. The Kier molecular flexibility index (Phi) is 4.77. The van der Waals surface area contributed by atoms with Crippen LogP contribution >= 0.6 is 23.1 Å². The number of nitrogens with zero attached hydrogens (tertiary/aromatic N) is 2. The molecule has 8 heteroatoms. The van der Waals surface area contributed by atoms with Crippen molar-refractivity contribution in [3.63, 3.8) is 0 Å². The number of aromatic nitrogens is 3. The van der Waals surface area contributed by atoms with Crippen LogP contribution in [-0.4, -0.2) is 33.7 Å². The molecule has 0 atom stereocenters. The van der Waals surface area contributed by atoms with E-state index in [0.717, 1.165) is 32.2 Å². The highest BCUT2D eigenvalue weighted by Crippen LogP contribution is 2.29. The van der Waals surface area contributed by atoms with Crippen molar-refractivity contribution in [2.45, 2.75) is 11.6 Å². The number of thioether (sulfide) groups is 1. The minimum Gasteiger partial charge on any atom is -0.497 e. The zero-order chi connectivity index (χ0) is 17.9. The second-order valence-electron chi connectivity index (χ2n) is 5.56. The molecule has 4 rings (SSSR count). The van der Waals surface area contributed by atoms with E-state index in [1.165, 1.54) is 23.1 Å². The molecule has 2 aromatic carbocycles. The molecule has 0 fully saturated rings. The maximum Gasteiger partial charge on any atom is 0.226 e. The molecule has 0 aliphatic heterocycles. The van der Waals surface area contributed by atoms with E-state index in [0.29, 0.717) is 17.3 Å². The zero-order valence-electron chi connectivity index (χ0n) is 14.0. The lowest BCUT2D eigenvalue weighted by molar-refractivity contribution is -0.115. The van der Waals surface area contributed by atoms with Crippen LogP contribution < -0.4 is 10.1 Å². The number of methoxy groups -OCH3 is 1. The van der Waals surface area contributed by atoms with E-state index in [1.54, 1.807) is 7.11 Å². The lowest BCUT2D eigenvalue weighted by Crippen LogP contribution is -2.11. The number of anilines is 1. The summed E-state index contributed by atoms with van der Waals surface area (Å²) in [5.41, 5.74) is 2.79. The number of hydrogen-bond donors (Lipinski definition) is 2. The number of ether oxygens (including phenoxy) is 1. The second kappa shape index (κ2) is 7.35. The number of amides is 1. The number of carbonyl (C=O) groups is 1. The Morgan fingerprint density at radius 2 is 2.12 bits per heavy atom. The molecule has 2 N–H and O–H groups in total. The summed E-state index contributed by atoms with van der Waals surface area (Å²) in [6.07, 6.45) is 0.390. The first kappa shape index (κ1) is 16.9. The van der Waals surface area contributed by atoms with Gasteiger partial charge in [-0.15, -0.1) is 0 Å². The molecular formula is C18H16N4O2S2. The summed E-state index contributed by atoms with van der Waals surface area (Å²) in [4.78, 5) is 24.3. The molecule has 0 spiro atoms. The molecule has 4 aromatic rings. The van der Waals surface area contributed by atoms with Gasteiger partial charge in [-0.05, 0) is 30.3 Å². The largest absolute Gasteiger partial charge is 0.497 e.